The average molecular weight is 425 g/mol. The number of aryl methyl sites for hydroxylation is 1. The van der Waals surface area contributed by atoms with E-state index in [1.807, 2.05) is 40.0 Å². The Kier molecular flexibility index (Phi) is 4.77. The molecule has 30 heavy (non-hydrogen) atoms. The van der Waals surface area contributed by atoms with Crippen LogP contribution in [-0.4, -0.2) is 37.1 Å². The molecule has 0 fully saturated rings. The van der Waals surface area contributed by atoms with Gasteiger partial charge in [0.15, 0.2) is 11.9 Å². The second kappa shape index (κ2) is 7.05. The summed E-state index contributed by atoms with van der Waals surface area (Å²) >= 11 is 1.40. The molecule has 0 atom stereocenters. The number of pyridine rings is 1. The largest absolute Gasteiger partial charge is 0.443 e. The van der Waals surface area contributed by atoms with Gasteiger partial charge in [0.05, 0.1) is 20.8 Å². The number of thiophene rings is 1. The predicted molar refractivity (Wildman–Crippen MR) is 118 cm³/mol. The number of carbonyl (C=O) groups is 2. The lowest BCUT2D eigenvalue weighted by molar-refractivity contribution is 0.0547. The van der Waals surface area contributed by atoms with Crippen LogP contribution >= 0.6 is 11.3 Å². The Hall–Kier alpha value is -3.00. The molecule has 0 aromatic carbocycles. The minimum absolute atomic E-state index is 0.121. The Morgan fingerprint density at radius 2 is 2.00 bits per heavy atom. The summed E-state index contributed by atoms with van der Waals surface area (Å²) in [5, 5.41) is 4.28. The zero-order valence-electron chi connectivity index (χ0n) is 17.9. The first-order valence-electron chi connectivity index (χ1n) is 9.77. The maximum atomic E-state index is 13.3. The lowest BCUT2D eigenvalue weighted by Crippen LogP contribution is -2.27. The lowest BCUT2D eigenvalue weighted by Gasteiger charge is -2.21. The summed E-state index contributed by atoms with van der Waals surface area (Å²) in [5.74, 6) is 0.121. The van der Waals surface area contributed by atoms with Crippen molar-refractivity contribution in [2.45, 2.75) is 53.1 Å². The fourth-order valence-electron chi connectivity index (χ4n) is 3.71. The molecule has 0 aliphatic heterocycles. The van der Waals surface area contributed by atoms with Crippen LogP contribution < -0.4 is 0 Å². The van der Waals surface area contributed by atoms with Gasteiger partial charge in [0.1, 0.15) is 11.9 Å². The van der Waals surface area contributed by atoms with Gasteiger partial charge < -0.3 is 4.74 Å². The Morgan fingerprint density at radius 1 is 1.27 bits per heavy atom. The van der Waals surface area contributed by atoms with Crippen molar-refractivity contribution >= 4 is 39.6 Å². The number of carbonyl (C=O) groups excluding carboxylic acids is 2. The smallest absolute Gasteiger partial charge is 0.419 e. The summed E-state index contributed by atoms with van der Waals surface area (Å²) in [6.45, 7) is 11.6. The first-order chi connectivity index (χ1) is 14.1. The molecule has 4 heterocycles. The van der Waals surface area contributed by atoms with E-state index in [1.54, 1.807) is 15.1 Å². The normalized spacial score (nSPS) is 12.2. The SMILES string of the molecule is Cc1cc(-c2c(C(C)C)c3sc(C=O)cc3n2C(=O)OC(C)(C)C)cn2ncnc12. The quantitative estimate of drug-likeness (QED) is 0.409. The van der Waals surface area contributed by atoms with Crippen LogP contribution in [-0.2, 0) is 4.74 Å². The van der Waals surface area contributed by atoms with Gasteiger partial charge in [-0.1, -0.05) is 13.8 Å². The van der Waals surface area contributed by atoms with Crippen molar-refractivity contribution in [1.29, 1.82) is 0 Å². The second-order valence-electron chi connectivity index (χ2n) is 8.65. The second-order valence-corrected chi connectivity index (χ2v) is 9.74. The van der Waals surface area contributed by atoms with Crippen LogP contribution in [0.4, 0.5) is 4.79 Å². The summed E-state index contributed by atoms with van der Waals surface area (Å²) in [5.41, 5.74) is 4.37. The maximum absolute atomic E-state index is 13.3. The van der Waals surface area contributed by atoms with Gasteiger partial charge in [0, 0.05) is 11.8 Å². The molecular formula is C22H24N4O3S. The van der Waals surface area contributed by atoms with Gasteiger partial charge in [-0.15, -0.1) is 11.3 Å². The van der Waals surface area contributed by atoms with E-state index < -0.39 is 11.7 Å². The van der Waals surface area contributed by atoms with E-state index in [0.717, 1.165) is 39.0 Å². The van der Waals surface area contributed by atoms with Crippen molar-refractivity contribution in [2.75, 3.05) is 0 Å². The third-order valence-electron chi connectivity index (χ3n) is 4.80. The summed E-state index contributed by atoms with van der Waals surface area (Å²) in [6, 6.07) is 3.77. The number of nitrogens with zero attached hydrogens (tertiary/aromatic N) is 4. The Morgan fingerprint density at radius 3 is 2.63 bits per heavy atom. The molecule has 0 unspecified atom stereocenters. The summed E-state index contributed by atoms with van der Waals surface area (Å²) in [6.07, 6.45) is 3.74. The molecule has 4 rings (SSSR count). The van der Waals surface area contributed by atoms with Gasteiger partial charge in [0.25, 0.3) is 0 Å². The molecule has 0 amide bonds. The van der Waals surface area contributed by atoms with Crippen LogP contribution in [0.25, 0.3) is 27.1 Å². The summed E-state index contributed by atoms with van der Waals surface area (Å²) in [4.78, 5) is 29.6. The number of aromatic nitrogens is 4. The molecule has 0 aliphatic rings. The fourth-order valence-corrected chi connectivity index (χ4v) is 4.86. The topological polar surface area (TPSA) is 78.5 Å². The number of fused-ring (bicyclic) bond motifs is 2. The van der Waals surface area contributed by atoms with Gasteiger partial charge in [-0.05, 0) is 56.9 Å². The number of hydrogen-bond donors (Lipinski definition) is 0. The van der Waals surface area contributed by atoms with Crippen LogP contribution in [0.15, 0.2) is 24.7 Å². The zero-order chi connectivity index (χ0) is 21.8. The van der Waals surface area contributed by atoms with Gasteiger partial charge >= 0.3 is 6.09 Å². The highest BCUT2D eigenvalue weighted by Gasteiger charge is 2.29. The molecule has 8 heteroatoms. The van der Waals surface area contributed by atoms with Gasteiger partial charge in [-0.25, -0.2) is 18.9 Å². The summed E-state index contributed by atoms with van der Waals surface area (Å²) < 4.78 is 9.97. The molecular weight excluding hydrogens is 400 g/mol. The molecule has 4 aromatic rings. The van der Waals surface area contributed by atoms with E-state index in [9.17, 15) is 9.59 Å². The molecule has 0 saturated heterocycles. The van der Waals surface area contributed by atoms with Crippen LogP contribution in [0, 0.1) is 6.92 Å². The van der Waals surface area contributed by atoms with E-state index in [1.165, 1.54) is 17.7 Å². The molecule has 0 N–H and O–H groups in total. The third-order valence-corrected chi connectivity index (χ3v) is 5.88. The molecule has 0 bridgehead atoms. The fraction of sp³-hybridized carbons (Fsp3) is 0.364. The van der Waals surface area contributed by atoms with Crippen LogP contribution in [0.3, 0.4) is 0 Å². The summed E-state index contributed by atoms with van der Waals surface area (Å²) in [7, 11) is 0. The molecule has 0 saturated carbocycles. The third kappa shape index (κ3) is 3.31. The Balaban J connectivity index is 2.08. The molecule has 0 aliphatic carbocycles. The van der Waals surface area contributed by atoms with E-state index in [0.29, 0.717) is 10.4 Å². The van der Waals surface area contributed by atoms with Crippen molar-refractivity contribution in [2.24, 2.45) is 0 Å². The van der Waals surface area contributed by atoms with Crippen molar-refractivity contribution in [1.82, 2.24) is 19.2 Å². The first kappa shape index (κ1) is 20.3. The lowest BCUT2D eigenvalue weighted by atomic mass is 9.99. The Bertz CT molecular complexity index is 1290. The minimum Gasteiger partial charge on any atom is -0.443 e. The number of ether oxygens (including phenoxy) is 1. The average Bonchev–Trinajstić information content (AvgIpc) is 3.32. The van der Waals surface area contributed by atoms with Crippen molar-refractivity contribution in [3.05, 3.63) is 40.7 Å². The van der Waals surface area contributed by atoms with Gasteiger partial charge in [-0.3, -0.25) is 4.79 Å². The van der Waals surface area contributed by atoms with E-state index >= 15 is 0 Å². The van der Waals surface area contributed by atoms with Crippen LogP contribution in [0.5, 0.6) is 0 Å². The van der Waals surface area contributed by atoms with Crippen molar-refractivity contribution in [3.63, 3.8) is 0 Å². The highest BCUT2D eigenvalue weighted by molar-refractivity contribution is 7.20. The van der Waals surface area contributed by atoms with Gasteiger partial charge in [-0.2, -0.15) is 5.10 Å². The maximum Gasteiger partial charge on any atom is 0.419 e. The monoisotopic (exact) mass is 424 g/mol. The predicted octanol–water partition coefficient (Wildman–Crippen LogP) is 5.44. The molecule has 4 aromatic heterocycles. The standard InChI is InChI=1S/C22H24N4O3S/c1-12(2)17-18(14-7-13(3)20-23-11-24-25(20)9-14)26(21(28)29-22(4,5)6)16-8-15(10-27)30-19(16)17/h7-12H,1-6H3. The van der Waals surface area contributed by atoms with E-state index in [4.69, 9.17) is 4.74 Å². The van der Waals surface area contributed by atoms with E-state index in [-0.39, 0.29) is 5.92 Å². The molecule has 156 valence electrons. The Labute approximate surface area is 178 Å². The zero-order valence-corrected chi connectivity index (χ0v) is 18.7. The van der Waals surface area contributed by atoms with Gasteiger partial charge in [0.2, 0.25) is 0 Å². The number of rotatable bonds is 3. The van der Waals surface area contributed by atoms with Crippen molar-refractivity contribution < 1.29 is 14.3 Å². The highest BCUT2D eigenvalue weighted by Crippen LogP contribution is 2.42. The highest BCUT2D eigenvalue weighted by atomic mass is 32.1. The van der Waals surface area contributed by atoms with Crippen LogP contribution in [0.2, 0.25) is 0 Å². The number of hydrogen-bond acceptors (Lipinski definition) is 6. The van der Waals surface area contributed by atoms with Crippen molar-refractivity contribution in [3.8, 4) is 11.3 Å². The number of aldehydes is 1. The molecule has 7 nitrogen and oxygen atoms in total. The van der Waals surface area contributed by atoms with Crippen LogP contribution in [0.1, 0.15) is 61.3 Å². The molecule has 0 radical (unpaired) electrons. The molecule has 0 spiro atoms. The minimum atomic E-state index is -0.655. The first-order valence-corrected chi connectivity index (χ1v) is 10.6. The van der Waals surface area contributed by atoms with E-state index in [2.05, 4.69) is 23.9 Å².